The highest BCUT2D eigenvalue weighted by Crippen LogP contribution is 2.20. The molecule has 3 rings (SSSR count). The van der Waals surface area contributed by atoms with Crippen LogP contribution in [-0.2, 0) is 0 Å². The van der Waals surface area contributed by atoms with Gasteiger partial charge in [0.2, 0.25) is 0 Å². The van der Waals surface area contributed by atoms with Crippen LogP contribution in [0.3, 0.4) is 0 Å². The van der Waals surface area contributed by atoms with Gasteiger partial charge in [-0.15, -0.1) is 0 Å². The predicted molar refractivity (Wildman–Crippen MR) is 87.2 cm³/mol. The van der Waals surface area contributed by atoms with E-state index in [1.165, 1.54) is 22.3 Å². The van der Waals surface area contributed by atoms with E-state index in [4.69, 9.17) is 0 Å². The van der Waals surface area contributed by atoms with E-state index in [1.54, 1.807) is 0 Å². The molecule has 0 unspecified atom stereocenters. The molecule has 0 spiro atoms. The minimum atomic E-state index is 1.22. The maximum Gasteiger partial charge on any atom is -0.0184 e. The molecule has 0 N–H and O–H groups in total. The Morgan fingerprint density at radius 3 is 1.45 bits per heavy atom. The van der Waals surface area contributed by atoms with E-state index in [0.29, 0.717) is 0 Å². The fourth-order valence-electron chi connectivity index (χ4n) is 2.17. The first-order chi connectivity index (χ1) is 9.92. The molecule has 3 aromatic rings. The van der Waals surface area contributed by atoms with E-state index in [-0.39, 0.29) is 0 Å². The molecule has 0 aromatic heterocycles. The SMILES string of the molecule is C(=C\c1ccc(-c2ccccc2)cc1)/c1ccccc1. The molecule has 0 fully saturated rings. The Labute approximate surface area is 120 Å². The molecule has 96 valence electrons. The van der Waals surface area contributed by atoms with E-state index in [9.17, 15) is 0 Å². The van der Waals surface area contributed by atoms with Gasteiger partial charge in [-0.1, -0.05) is 97.1 Å². The van der Waals surface area contributed by atoms with Gasteiger partial charge >= 0.3 is 0 Å². The molecule has 0 bridgehead atoms. The smallest absolute Gasteiger partial charge is 0.0184 e. The largest absolute Gasteiger partial charge is 0.0622 e. The van der Waals surface area contributed by atoms with Crippen molar-refractivity contribution in [1.82, 2.24) is 0 Å². The van der Waals surface area contributed by atoms with Gasteiger partial charge < -0.3 is 0 Å². The van der Waals surface area contributed by atoms with Crippen molar-refractivity contribution >= 4 is 12.2 Å². The van der Waals surface area contributed by atoms with Crippen LogP contribution in [0.4, 0.5) is 0 Å². The fourth-order valence-corrected chi connectivity index (χ4v) is 2.17. The summed E-state index contributed by atoms with van der Waals surface area (Å²) in [5.74, 6) is 0. The Morgan fingerprint density at radius 2 is 0.850 bits per heavy atom. The maximum absolute atomic E-state index is 2.17. The van der Waals surface area contributed by atoms with Crippen LogP contribution >= 0.6 is 0 Å². The molecule has 0 heterocycles. The molecule has 0 nitrogen and oxygen atoms in total. The lowest BCUT2D eigenvalue weighted by atomic mass is 10.0. The molecule has 0 aliphatic heterocycles. The normalized spacial score (nSPS) is 10.8. The second-order valence-corrected chi connectivity index (χ2v) is 4.73. The summed E-state index contributed by atoms with van der Waals surface area (Å²) in [5, 5.41) is 0. The molecule has 0 heteroatoms. The Bertz CT molecular complexity index is 677. The molecule has 0 saturated carbocycles. The van der Waals surface area contributed by atoms with Crippen molar-refractivity contribution < 1.29 is 0 Å². The highest BCUT2D eigenvalue weighted by atomic mass is 14.0. The van der Waals surface area contributed by atoms with Crippen LogP contribution in [-0.4, -0.2) is 0 Å². The highest BCUT2D eigenvalue weighted by molar-refractivity contribution is 5.72. The summed E-state index contributed by atoms with van der Waals surface area (Å²) in [4.78, 5) is 0. The van der Waals surface area contributed by atoms with Gasteiger partial charge in [0.1, 0.15) is 0 Å². The monoisotopic (exact) mass is 256 g/mol. The van der Waals surface area contributed by atoms with Crippen molar-refractivity contribution in [2.75, 3.05) is 0 Å². The lowest BCUT2D eigenvalue weighted by molar-refractivity contribution is 1.60. The van der Waals surface area contributed by atoms with E-state index in [2.05, 4.69) is 84.9 Å². The van der Waals surface area contributed by atoms with Gasteiger partial charge in [0, 0.05) is 0 Å². The summed E-state index contributed by atoms with van der Waals surface area (Å²) in [6.07, 6.45) is 4.28. The molecular formula is C20H16. The van der Waals surface area contributed by atoms with Crippen molar-refractivity contribution in [3.05, 3.63) is 96.1 Å². The molecule has 0 saturated heterocycles. The third-order valence-corrected chi connectivity index (χ3v) is 3.29. The van der Waals surface area contributed by atoms with E-state index in [1.807, 2.05) is 12.1 Å². The molecule has 20 heavy (non-hydrogen) atoms. The summed E-state index contributed by atoms with van der Waals surface area (Å²) < 4.78 is 0. The van der Waals surface area contributed by atoms with Crippen LogP contribution in [0.2, 0.25) is 0 Å². The average molecular weight is 256 g/mol. The van der Waals surface area contributed by atoms with E-state index in [0.717, 1.165) is 0 Å². The van der Waals surface area contributed by atoms with Gasteiger partial charge in [0.25, 0.3) is 0 Å². The topological polar surface area (TPSA) is 0 Å². The second kappa shape index (κ2) is 6.03. The van der Waals surface area contributed by atoms with Crippen molar-refractivity contribution in [3.8, 4) is 11.1 Å². The lowest BCUT2D eigenvalue weighted by Gasteiger charge is -2.01. The van der Waals surface area contributed by atoms with Crippen LogP contribution in [0.5, 0.6) is 0 Å². The summed E-state index contributed by atoms with van der Waals surface area (Å²) in [7, 11) is 0. The van der Waals surface area contributed by atoms with Gasteiger partial charge in [0.05, 0.1) is 0 Å². The Hall–Kier alpha value is -2.60. The van der Waals surface area contributed by atoms with Gasteiger partial charge in [-0.3, -0.25) is 0 Å². The predicted octanol–water partition coefficient (Wildman–Crippen LogP) is 5.52. The van der Waals surface area contributed by atoms with E-state index < -0.39 is 0 Å². The zero-order valence-corrected chi connectivity index (χ0v) is 11.2. The Balaban J connectivity index is 1.79. The van der Waals surface area contributed by atoms with Gasteiger partial charge in [-0.05, 0) is 22.3 Å². The van der Waals surface area contributed by atoms with E-state index >= 15 is 0 Å². The van der Waals surface area contributed by atoms with Crippen LogP contribution in [0.1, 0.15) is 11.1 Å². The van der Waals surface area contributed by atoms with Crippen LogP contribution in [0.15, 0.2) is 84.9 Å². The standard InChI is InChI=1S/C20H16/c1-3-7-17(8-4-1)11-12-18-13-15-20(16-14-18)19-9-5-2-6-10-19/h1-16H/b12-11+. The minimum Gasteiger partial charge on any atom is -0.0622 e. The molecule has 0 radical (unpaired) electrons. The molecule has 0 amide bonds. The fraction of sp³-hybridized carbons (Fsp3) is 0. The first-order valence-corrected chi connectivity index (χ1v) is 6.80. The van der Waals surface area contributed by atoms with Gasteiger partial charge in [-0.25, -0.2) is 0 Å². The minimum absolute atomic E-state index is 1.22. The van der Waals surface area contributed by atoms with Crippen LogP contribution in [0, 0.1) is 0 Å². The number of benzene rings is 3. The molecule has 0 aliphatic carbocycles. The average Bonchev–Trinajstić information content (AvgIpc) is 2.55. The van der Waals surface area contributed by atoms with Gasteiger partial charge in [-0.2, -0.15) is 0 Å². The van der Waals surface area contributed by atoms with Crippen LogP contribution in [0.25, 0.3) is 23.3 Å². The first-order valence-electron chi connectivity index (χ1n) is 6.80. The molecule has 3 aromatic carbocycles. The van der Waals surface area contributed by atoms with Crippen molar-refractivity contribution in [3.63, 3.8) is 0 Å². The maximum atomic E-state index is 2.17. The molecule has 0 atom stereocenters. The number of hydrogen-bond donors (Lipinski definition) is 0. The summed E-state index contributed by atoms with van der Waals surface area (Å²) in [6.45, 7) is 0. The highest BCUT2D eigenvalue weighted by Gasteiger charge is 1.95. The summed E-state index contributed by atoms with van der Waals surface area (Å²) in [5.41, 5.74) is 4.95. The third kappa shape index (κ3) is 3.04. The lowest BCUT2D eigenvalue weighted by Crippen LogP contribution is -1.78. The van der Waals surface area contributed by atoms with Crippen molar-refractivity contribution in [2.24, 2.45) is 0 Å². The van der Waals surface area contributed by atoms with Crippen molar-refractivity contribution in [2.45, 2.75) is 0 Å². The second-order valence-electron chi connectivity index (χ2n) is 4.73. The summed E-state index contributed by atoms with van der Waals surface area (Å²) in [6, 6.07) is 29.4. The molecular weight excluding hydrogens is 240 g/mol. The quantitative estimate of drug-likeness (QED) is 0.541. The first kappa shape index (κ1) is 12.4. The zero-order valence-electron chi connectivity index (χ0n) is 11.2. The Kier molecular flexibility index (Phi) is 3.75. The molecule has 0 aliphatic rings. The Morgan fingerprint density at radius 1 is 0.400 bits per heavy atom. The third-order valence-electron chi connectivity index (χ3n) is 3.29. The van der Waals surface area contributed by atoms with Crippen LogP contribution < -0.4 is 0 Å². The summed E-state index contributed by atoms with van der Waals surface area (Å²) >= 11 is 0. The number of rotatable bonds is 3. The zero-order chi connectivity index (χ0) is 13.6. The number of hydrogen-bond acceptors (Lipinski definition) is 0. The van der Waals surface area contributed by atoms with Crippen molar-refractivity contribution in [1.29, 1.82) is 0 Å². The van der Waals surface area contributed by atoms with Gasteiger partial charge in [0.15, 0.2) is 0 Å².